The van der Waals surface area contributed by atoms with Crippen molar-refractivity contribution in [2.24, 2.45) is 33.9 Å². The highest BCUT2D eigenvalue weighted by Gasteiger charge is 2.49. The number of rotatable bonds is 8. The van der Waals surface area contributed by atoms with Crippen molar-refractivity contribution in [1.82, 2.24) is 0 Å². The van der Waals surface area contributed by atoms with Crippen LogP contribution in [0.5, 0.6) is 0 Å². The first kappa shape index (κ1) is 25.1. The highest BCUT2D eigenvalue weighted by molar-refractivity contribution is 6.13. The van der Waals surface area contributed by atoms with E-state index in [1.807, 2.05) is 0 Å². The Balaban J connectivity index is 1.44. The lowest BCUT2D eigenvalue weighted by molar-refractivity contribution is -0.393. The zero-order valence-electron chi connectivity index (χ0n) is 19.7. The summed E-state index contributed by atoms with van der Waals surface area (Å²) in [7, 11) is 0. The maximum atomic E-state index is 11.5. The van der Waals surface area contributed by atoms with Crippen molar-refractivity contribution in [3.63, 3.8) is 0 Å². The molecule has 2 aromatic carbocycles. The standard InChI is InChI=1S/C23H18N8O8/c32-28(33)14-3-5-16(20(10-14)30(36)37)24-26-18-7-8-19(23-13-2-1-12(9-13)22(18)23)27-25-17-6-4-15(29(34)35)11-21(17)31(38)39/h1-8,10-13,22-25H,9H2/b26-18-,27-19-/t12-,13-,22-,23+/m0/s1. The number of allylic oxidation sites excluding steroid dienone is 4. The number of benzene rings is 2. The summed E-state index contributed by atoms with van der Waals surface area (Å²) in [6, 6.07) is 6.44. The van der Waals surface area contributed by atoms with Gasteiger partial charge in [0.1, 0.15) is 11.4 Å². The molecule has 16 heteroatoms. The molecule has 39 heavy (non-hydrogen) atoms. The van der Waals surface area contributed by atoms with Crippen molar-refractivity contribution in [3.05, 3.63) is 101 Å². The van der Waals surface area contributed by atoms with Gasteiger partial charge in [0.15, 0.2) is 0 Å². The van der Waals surface area contributed by atoms with Gasteiger partial charge in [-0.1, -0.05) is 12.2 Å². The van der Waals surface area contributed by atoms with E-state index >= 15 is 0 Å². The van der Waals surface area contributed by atoms with E-state index in [0.717, 1.165) is 30.7 Å². The summed E-state index contributed by atoms with van der Waals surface area (Å²) >= 11 is 0. The zero-order chi connectivity index (χ0) is 27.8. The molecule has 2 aromatic rings. The highest BCUT2D eigenvalue weighted by Crippen LogP contribution is 2.51. The summed E-state index contributed by atoms with van der Waals surface area (Å²) in [5.41, 5.74) is 4.71. The van der Waals surface area contributed by atoms with E-state index in [4.69, 9.17) is 0 Å². The van der Waals surface area contributed by atoms with Crippen LogP contribution in [0, 0.1) is 64.1 Å². The Kier molecular flexibility index (Phi) is 6.27. The van der Waals surface area contributed by atoms with Crippen molar-refractivity contribution in [2.75, 3.05) is 10.9 Å². The SMILES string of the molecule is O=[N+]([O-])c1ccc(N/N=C2C=C/C(=N/Nc3ccc([N+](=O)[O-])cc3[N+](=O)[O-])[C@H]3[C@@H]/2[C@H]2C=C[C@H]3C2)c([N+](=O)[O-])c1. The Morgan fingerprint density at radius 3 is 1.41 bits per heavy atom. The molecular formula is C23H18N8O8. The molecule has 0 unspecified atom stereocenters. The van der Waals surface area contributed by atoms with Crippen LogP contribution in [0.25, 0.3) is 0 Å². The van der Waals surface area contributed by atoms with Crippen LogP contribution in [0.2, 0.25) is 0 Å². The molecule has 1 saturated carbocycles. The monoisotopic (exact) mass is 534 g/mol. The van der Waals surface area contributed by atoms with Crippen molar-refractivity contribution in [3.8, 4) is 0 Å². The van der Waals surface area contributed by atoms with Gasteiger partial charge in [-0.2, -0.15) is 10.2 Å². The summed E-state index contributed by atoms with van der Waals surface area (Å²) in [6.45, 7) is 0. The zero-order valence-corrected chi connectivity index (χ0v) is 19.7. The molecule has 5 rings (SSSR count). The van der Waals surface area contributed by atoms with Gasteiger partial charge in [0, 0.05) is 24.0 Å². The van der Waals surface area contributed by atoms with E-state index in [9.17, 15) is 40.5 Å². The molecule has 2 bridgehead atoms. The van der Waals surface area contributed by atoms with Crippen molar-refractivity contribution in [1.29, 1.82) is 0 Å². The van der Waals surface area contributed by atoms with Gasteiger partial charge in [-0.3, -0.25) is 51.3 Å². The third-order valence-corrected chi connectivity index (χ3v) is 6.96. The van der Waals surface area contributed by atoms with Gasteiger partial charge < -0.3 is 0 Å². The number of hydrogen-bond donors (Lipinski definition) is 2. The van der Waals surface area contributed by atoms with Crippen LogP contribution in [-0.2, 0) is 0 Å². The maximum absolute atomic E-state index is 11.5. The van der Waals surface area contributed by atoms with E-state index in [1.165, 1.54) is 12.1 Å². The number of nitro groups is 4. The lowest BCUT2D eigenvalue weighted by atomic mass is 9.74. The predicted octanol–water partition coefficient (Wildman–Crippen LogP) is 4.56. The number of nitrogens with zero attached hydrogens (tertiary/aromatic N) is 6. The molecule has 198 valence electrons. The summed E-state index contributed by atoms with van der Waals surface area (Å²) in [6.07, 6.45) is 8.34. The van der Waals surface area contributed by atoms with Crippen molar-refractivity contribution < 1.29 is 19.7 Å². The van der Waals surface area contributed by atoms with Gasteiger partial charge in [-0.05, 0) is 42.5 Å². The molecule has 16 nitrogen and oxygen atoms in total. The van der Waals surface area contributed by atoms with Gasteiger partial charge >= 0.3 is 11.4 Å². The van der Waals surface area contributed by atoms with Crippen molar-refractivity contribution >= 4 is 45.5 Å². The predicted molar refractivity (Wildman–Crippen MR) is 138 cm³/mol. The van der Waals surface area contributed by atoms with Crippen LogP contribution in [0.15, 0.2) is 70.9 Å². The fourth-order valence-corrected chi connectivity index (χ4v) is 5.25. The Morgan fingerprint density at radius 1 is 0.641 bits per heavy atom. The first-order valence-corrected chi connectivity index (χ1v) is 11.5. The Labute approximate surface area is 218 Å². The molecule has 4 atom stereocenters. The first-order chi connectivity index (χ1) is 18.6. The average molecular weight is 534 g/mol. The quantitative estimate of drug-likeness (QED) is 0.273. The van der Waals surface area contributed by atoms with E-state index in [0.29, 0.717) is 11.4 Å². The average Bonchev–Trinajstić information content (AvgIpc) is 3.53. The summed E-state index contributed by atoms with van der Waals surface area (Å²) in [5, 5.41) is 53.7. The number of anilines is 2. The van der Waals surface area contributed by atoms with Gasteiger partial charge in [0.25, 0.3) is 11.4 Å². The molecule has 0 amide bonds. The van der Waals surface area contributed by atoms with E-state index in [1.54, 1.807) is 12.2 Å². The second-order valence-electron chi connectivity index (χ2n) is 9.06. The van der Waals surface area contributed by atoms with Crippen LogP contribution in [-0.4, -0.2) is 31.1 Å². The van der Waals surface area contributed by atoms with E-state index in [2.05, 4.69) is 33.2 Å². The number of hydrazone groups is 2. The highest BCUT2D eigenvalue weighted by atomic mass is 16.6. The minimum absolute atomic E-state index is 0.00615. The maximum Gasteiger partial charge on any atom is 0.301 e. The van der Waals surface area contributed by atoms with Crippen LogP contribution in [0.1, 0.15) is 6.42 Å². The molecule has 0 radical (unpaired) electrons. The van der Waals surface area contributed by atoms with Crippen LogP contribution in [0.4, 0.5) is 34.1 Å². The van der Waals surface area contributed by atoms with Crippen LogP contribution in [0.3, 0.4) is 0 Å². The molecule has 2 N–H and O–H groups in total. The van der Waals surface area contributed by atoms with Gasteiger partial charge in [0.05, 0.1) is 43.2 Å². The lowest BCUT2D eigenvalue weighted by Crippen LogP contribution is -2.36. The number of nitrogens with one attached hydrogen (secondary N) is 2. The number of fused-ring (bicyclic) bond motifs is 5. The number of nitro benzene ring substituents is 4. The third-order valence-electron chi connectivity index (χ3n) is 6.96. The molecule has 0 heterocycles. The fourth-order valence-electron chi connectivity index (χ4n) is 5.25. The van der Waals surface area contributed by atoms with Gasteiger partial charge in [-0.25, -0.2) is 0 Å². The molecule has 1 fully saturated rings. The Morgan fingerprint density at radius 2 is 1.05 bits per heavy atom. The van der Waals surface area contributed by atoms with E-state index < -0.39 is 42.4 Å². The minimum atomic E-state index is -0.733. The Bertz CT molecular complexity index is 1440. The third kappa shape index (κ3) is 4.65. The topological polar surface area (TPSA) is 221 Å². The second-order valence-corrected chi connectivity index (χ2v) is 9.06. The fraction of sp³-hybridized carbons (Fsp3) is 0.217. The normalized spacial score (nSPS) is 24.5. The summed E-state index contributed by atoms with van der Waals surface area (Å²) in [5.74, 6) is -0.0310. The number of hydrogen-bond acceptors (Lipinski definition) is 12. The molecule has 0 aliphatic heterocycles. The minimum Gasteiger partial charge on any atom is -0.271 e. The first-order valence-electron chi connectivity index (χ1n) is 11.5. The van der Waals surface area contributed by atoms with Gasteiger partial charge in [-0.15, -0.1) is 0 Å². The largest absolute Gasteiger partial charge is 0.301 e. The van der Waals surface area contributed by atoms with Crippen molar-refractivity contribution in [2.45, 2.75) is 6.42 Å². The lowest BCUT2D eigenvalue weighted by Gasteiger charge is -2.31. The molecule has 0 aromatic heterocycles. The smallest absolute Gasteiger partial charge is 0.271 e. The van der Waals surface area contributed by atoms with Crippen LogP contribution < -0.4 is 10.9 Å². The molecule has 3 aliphatic rings. The second kappa shape index (κ2) is 9.73. The number of non-ortho nitro benzene ring substituents is 2. The van der Waals surface area contributed by atoms with Gasteiger partial charge in [0.2, 0.25) is 0 Å². The Hall–Kier alpha value is -5.54. The van der Waals surface area contributed by atoms with Crippen LogP contribution >= 0.6 is 0 Å². The van der Waals surface area contributed by atoms with E-state index in [-0.39, 0.29) is 35.0 Å². The summed E-state index contributed by atoms with van der Waals surface area (Å²) in [4.78, 5) is 42.0. The molecular weight excluding hydrogens is 516 g/mol. The molecule has 0 saturated heterocycles. The molecule has 0 spiro atoms. The molecule has 3 aliphatic carbocycles. The summed E-state index contributed by atoms with van der Waals surface area (Å²) < 4.78 is 0.